The van der Waals surface area contributed by atoms with Gasteiger partial charge in [0.1, 0.15) is 0 Å². The molecule has 2 N–H and O–H groups in total. The third-order valence-corrected chi connectivity index (χ3v) is 5.23. The van der Waals surface area contributed by atoms with E-state index in [1.54, 1.807) is 18.4 Å². The van der Waals surface area contributed by atoms with Crippen LogP contribution < -0.4 is 10.6 Å². The summed E-state index contributed by atoms with van der Waals surface area (Å²) in [5.41, 5.74) is 0. The summed E-state index contributed by atoms with van der Waals surface area (Å²) in [7, 11) is 1.61. The number of nitrogens with one attached hydrogen (secondary N) is 2. The molecule has 7 nitrogen and oxygen atoms in total. The van der Waals surface area contributed by atoms with Crippen molar-refractivity contribution in [2.45, 2.75) is 13.0 Å². The van der Waals surface area contributed by atoms with E-state index in [-0.39, 0.29) is 17.9 Å². The van der Waals surface area contributed by atoms with Crippen LogP contribution in [-0.2, 0) is 14.3 Å². The molecule has 1 atom stereocenters. The number of rotatable bonds is 9. The van der Waals surface area contributed by atoms with Crippen molar-refractivity contribution < 1.29 is 14.3 Å². The lowest BCUT2D eigenvalue weighted by atomic mass is 10.2. The van der Waals surface area contributed by atoms with Crippen molar-refractivity contribution in [1.82, 2.24) is 20.4 Å². The molecule has 8 heteroatoms. The summed E-state index contributed by atoms with van der Waals surface area (Å²) in [6.07, 6.45) is 0. The second-order valence-electron chi connectivity index (χ2n) is 6.20. The number of methoxy groups -OCH3 is 1. The Balaban J connectivity index is 1.63. The molecule has 2 heterocycles. The van der Waals surface area contributed by atoms with Crippen LogP contribution in [0, 0.1) is 0 Å². The Morgan fingerprint density at radius 2 is 1.84 bits per heavy atom. The van der Waals surface area contributed by atoms with Crippen LogP contribution in [-0.4, -0.2) is 81.1 Å². The number of carbonyl (C=O) groups is 2. The Hall–Kier alpha value is -1.48. The smallest absolute Gasteiger partial charge is 0.234 e. The number of ether oxygens (including phenoxy) is 1. The molecule has 2 amide bonds. The molecule has 2 rings (SSSR count). The van der Waals surface area contributed by atoms with Gasteiger partial charge in [0.15, 0.2) is 0 Å². The molecule has 1 aromatic rings. The van der Waals surface area contributed by atoms with Crippen LogP contribution in [0.25, 0.3) is 0 Å². The maximum atomic E-state index is 12.2. The van der Waals surface area contributed by atoms with Crippen molar-refractivity contribution in [3.8, 4) is 0 Å². The minimum absolute atomic E-state index is 0.0213. The summed E-state index contributed by atoms with van der Waals surface area (Å²) >= 11 is 1.65. The molecule has 1 unspecified atom stereocenters. The van der Waals surface area contributed by atoms with Gasteiger partial charge in [0, 0.05) is 44.7 Å². The fourth-order valence-electron chi connectivity index (χ4n) is 2.76. The summed E-state index contributed by atoms with van der Waals surface area (Å²) in [6, 6.07) is 4.07. The highest BCUT2D eigenvalue weighted by molar-refractivity contribution is 7.10. The molecular formula is C17H28N4O3S. The van der Waals surface area contributed by atoms with Crippen molar-refractivity contribution in [2.24, 2.45) is 0 Å². The molecule has 0 radical (unpaired) electrons. The zero-order valence-corrected chi connectivity index (χ0v) is 15.8. The number of hydrogen-bond donors (Lipinski definition) is 2. The van der Waals surface area contributed by atoms with Crippen molar-refractivity contribution in [3.63, 3.8) is 0 Å². The van der Waals surface area contributed by atoms with Gasteiger partial charge in [-0.25, -0.2) is 0 Å². The van der Waals surface area contributed by atoms with E-state index in [4.69, 9.17) is 4.74 Å². The molecule has 1 fully saturated rings. The second-order valence-corrected chi connectivity index (χ2v) is 7.18. The van der Waals surface area contributed by atoms with Gasteiger partial charge in [0.25, 0.3) is 0 Å². The average molecular weight is 369 g/mol. The van der Waals surface area contributed by atoms with Crippen molar-refractivity contribution in [1.29, 1.82) is 0 Å². The fraction of sp³-hybridized carbons (Fsp3) is 0.647. The first-order chi connectivity index (χ1) is 12.1. The number of amides is 2. The third kappa shape index (κ3) is 7.11. The maximum absolute atomic E-state index is 12.2. The standard InChI is InChI=1S/C17H28N4O3S/c1-14(15-4-3-11-25-15)19-17(23)13-21-8-6-20(7-9-21)12-16(22)18-5-10-24-2/h3-4,11,14H,5-10,12-13H2,1-2H3,(H,18,22)(H,19,23). The Bertz CT molecular complexity index is 530. The molecule has 1 aliphatic rings. The number of thiophene rings is 1. The fourth-order valence-corrected chi connectivity index (χ4v) is 3.49. The van der Waals surface area contributed by atoms with E-state index >= 15 is 0 Å². The van der Waals surface area contributed by atoms with Crippen LogP contribution >= 0.6 is 11.3 Å². The topological polar surface area (TPSA) is 73.9 Å². The van der Waals surface area contributed by atoms with Gasteiger partial charge < -0.3 is 15.4 Å². The highest BCUT2D eigenvalue weighted by atomic mass is 32.1. The van der Waals surface area contributed by atoms with Crippen LogP contribution in [0.3, 0.4) is 0 Å². The SMILES string of the molecule is COCCNC(=O)CN1CCN(CC(=O)NC(C)c2cccs2)CC1. The van der Waals surface area contributed by atoms with Crippen molar-refractivity contribution >= 4 is 23.2 Å². The average Bonchev–Trinajstić information content (AvgIpc) is 3.11. The van der Waals surface area contributed by atoms with Gasteiger partial charge in [0.2, 0.25) is 11.8 Å². The van der Waals surface area contributed by atoms with Crippen molar-refractivity contribution in [3.05, 3.63) is 22.4 Å². The van der Waals surface area contributed by atoms with E-state index < -0.39 is 0 Å². The van der Waals surface area contributed by atoms with Gasteiger partial charge in [-0.1, -0.05) is 6.07 Å². The molecule has 25 heavy (non-hydrogen) atoms. The molecule has 0 aliphatic carbocycles. The van der Waals surface area contributed by atoms with Gasteiger partial charge >= 0.3 is 0 Å². The lowest BCUT2D eigenvalue weighted by Crippen LogP contribution is -2.51. The lowest BCUT2D eigenvalue weighted by Gasteiger charge is -2.34. The van der Waals surface area contributed by atoms with Gasteiger partial charge in [0.05, 0.1) is 25.7 Å². The van der Waals surface area contributed by atoms with Gasteiger partial charge in [-0.15, -0.1) is 11.3 Å². The van der Waals surface area contributed by atoms with Gasteiger partial charge in [-0.3, -0.25) is 19.4 Å². The Morgan fingerprint density at radius 1 is 1.20 bits per heavy atom. The van der Waals surface area contributed by atoms with Crippen LogP contribution in [0.1, 0.15) is 17.8 Å². The summed E-state index contributed by atoms with van der Waals surface area (Å²) in [6.45, 7) is 7.07. The van der Waals surface area contributed by atoms with E-state index in [1.807, 2.05) is 24.4 Å². The second kappa shape index (κ2) is 10.5. The molecule has 140 valence electrons. The minimum atomic E-state index is 0.0213. The molecule has 0 spiro atoms. The highest BCUT2D eigenvalue weighted by Crippen LogP contribution is 2.17. The lowest BCUT2D eigenvalue weighted by molar-refractivity contribution is -0.125. The maximum Gasteiger partial charge on any atom is 0.234 e. The zero-order valence-electron chi connectivity index (χ0n) is 15.0. The van der Waals surface area contributed by atoms with E-state index in [0.717, 1.165) is 31.1 Å². The third-order valence-electron chi connectivity index (χ3n) is 4.18. The highest BCUT2D eigenvalue weighted by Gasteiger charge is 2.21. The molecular weight excluding hydrogens is 340 g/mol. The van der Waals surface area contributed by atoms with Crippen LogP contribution in [0.15, 0.2) is 17.5 Å². The Kier molecular flexibility index (Phi) is 8.33. The molecule has 1 aromatic heterocycles. The van der Waals surface area contributed by atoms with Crippen LogP contribution in [0.4, 0.5) is 0 Å². The Labute approximate surface area is 153 Å². The first kappa shape index (κ1) is 19.8. The van der Waals surface area contributed by atoms with E-state index in [0.29, 0.717) is 26.2 Å². The monoisotopic (exact) mass is 368 g/mol. The molecule has 1 aliphatic heterocycles. The minimum Gasteiger partial charge on any atom is -0.383 e. The first-order valence-electron chi connectivity index (χ1n) is 8.61. The number of nitrogens with zero attached hydrogens (tertiary/aromatic N) is 2. The molecule has 0 aromatic carbocycles. The van der Waals surface area contributed by atoms with Gasteiger partial charge in [-0.2, -0.15) is 0 Å². The van der Waals surface area contributed by atoms with E-state index in [1.165, 1.54) is 0 Å². The predicted octanol–water partition coefficient (Wildman–Crippen LogP) is 0.306. The summed E-state index contributed by atoms with van der Waals surface area (Å²) < 4.78 is 4.91. The normalized spacial score (nSPS) is 17.2. The largest absolute Gasteiger partial charge is 0.383 e. The van der Waals surface area contributed by atoms with Crippen LogP contribution in [0.2, 0.25) is 0 Å². The first-order valence-corrected chi connectivity index (χ1v) is 9.49. The van der Waals surface area contributed by atoms with Crippen LogP contribution in [0.5, 0.6) is 0 Å². The van der Waals surface area contributed by atoms with Gasteiger partial charge in [-0.05, 0) is 18.4 Å². The van der Waals surface area contributed by atoms with E-state index in [2.05, 4.69) is 20.4 Å². The molecule has 0 saturated carbocycles. The summed E-state index contributed by atoms with van der Waals surface area (Å²) in [5, 5.41) is 7.89. The van der Waals surface area contributed by atoms with Crippen molar-refractivity contribution in [2.75, 3.05) is 59.5 Å². The Morgan fingerprint density at radius 3 is 2.40 bits per heavy atom. The number of hydrogen-bond acceptors (Lipinski definition) is 6. The molecule has 0 bridgehead atoms. The number of piperazine rings is 1. The molecule has 1 saturated heterocycles. The predicted molar refractivity (Wildman–Crippen MR) is 98.6 cm³/mol. The quantitative estimate of drug-likeness (QED) is 0.614. The number of carbonyl (C=O) groups excluding carboxylic acids is 2. The summed E-state index contributed by atoms with van der Waals surface area (Å²) in [4.78, 5) is 29.4. The summed E-state index contributed by atoms with van der Waals surface area (Å²) in [5.74, 6) is 0.0691. The van der Waals surface area contributed by atoms with E-state index in [9.17, 15) is 9.59 Å². The zero-order chi connectivity index (χ0) is 18.1.